The van der Waals surface area contributed by atoms with Gasteiger partial charge in [-0.25, -0.2) is 8.78 Å². The Balaban J connectivity index is 1.98. The number of nitrogens with one attached hydrogen (secondary N) is 1. The number of hydrogen-bond donors (Lipinski definition) is 1. The van der Waals surface area contributed by atoms with Crippen molar-refractivity contribution < 1.29 is 8.78 Å². The van der Waals surface area contributed by atoms with Gasteiger partial charge in [-0.15, -0.1) is 0 Å². The molecule has 1 fully saturated rings. The molecule has 2 atom stereocenters. The van der Waals surface area contributed by atoms with Gasteiger partial charge in [-0.05, 0) is 48.2 Å². The van der Waals surface area contributed by atoms with Gasteiger partial charge in [-0.3, -0.25) is 0 Å². The minimum absolute atomic E-state index is 0.140. The average Bonchev–Trinajstić information content (AvgIpc) is 2.51. The lowest BCUT2D eigenvalue weighted by Crippen LogP contribution is -2.34. The second-order valence-electron chi connectivity index (χ2n) is 5.40. The van der Waals surface area contributed by atoms with Crippen LogP contribution in [0.4, 0.5) is 8.78 Å². The fraction of sp³-hybridized carbons (Fsp3) is 0.294. The summed E-state index contributed by atoms with van der Waals surface area (Å²) in [7, 11) is 0. The number of rotatable bonds is 2. The van der Waals surface area contributed by atoms with Crippen LogP contribution < -0.4 is 5.32 Å². The van der Waals surface area contributed by atoms with Crippen molar-refractivity contribution in [1.29, 1.82) is 0 Å². The van der Waals surface area contributed by atoms with Crippen molar-refractivity contribution in [2.24, 2.45) is 0 Å². The second-order valence-corrected chi connectivity index (χ2v) is 5.81. The maximum absolute atomic E-state index is 13.5. The van der Waals surface area contributed by atoms with Gasteiger partial charge >= 0.3 is 0 Å². The van der Waals surface area contributed by atoms with Crippen LogP contribution >= 0.6 is 11.6 Å². The van der Waals surface area contributed by atoms with Gasteiger partial charge in [0.15, 0.2) is 11.6 Å². The molecule has 1 aliphatic heterocycles. The minimum Gasteiger partial charge on any atom is -0.316 e. The molecule has 2 unspecified atom stereocenters. The van der Waals surface area contributed by atoms with Gasteiger partial charge < -0.3 is 5.32 Å². The predicted molar refractivity (Wildman–Crippen MR) is 80.8 cm³/mol. The van der Waals surface area contributed by atoms with Crippen LogP contribution in [0, 0.1) is 11.6 Å². The van der Waals surface area contributed by atoms with E-state index in [1.165, 1.54) is 12.1 Å². The highest BCUT2D eigenvalue weighted by Gasteiger charge is 2.29. The van der Waals surface area contributed by atoms with Crippen molar-refractivity contribution in [3.8, 4) is 0 Å². The molecule has 1 aliphatic rings. The SMILES string of the molecule is Fc1ccc(C2CCNCC2c2ccccc2Cl)cc1F. The van der Waals surface area contributed by atoms with Crippen LogP contribution in [0.1, 0.15) is 29.4 Å². The van der Waals surface area contributed by atoms with Crippen LogP contribution in [0.3, 0.4) is 0 Å². The van der Waals surface area contributed by atoms with E-state index >= 15 is 0 Å². The smallest absolute Gasteiger partial charge is 0.159 e. The minimum atomic E-state index is -0.804. The standard InChI is InChI=1S/C17H16ClF2N/c18-15-4-2-1-3-13(15)14-10-21-8-7-12(14)11-5-6-16(19)17(20)9-11/h1-6,9,12,14,21H,7-8,10H2. The molecule has 3 rings (SSSR count). The molecular weight excluding hydrogens is 292 g/mol. The maximum atomic E-state index is 13.5. The highest BCUT2D eigenvalue weighted by atomic mass is 35.5. The molecule has 4 heteroatoms. The monoisotopic (exact) mass is 307 g/mol. The van der Waals surface area contributed by atoms with Crippen LogP contribution in [-0.2, 0) is 0 Å². The Labute approximate surface area is 127 Å². The molecule has 0 radical (unpaired) electrons. The molecule has 1 saturated heterocycles. The first-order valence-electron chi connectivity index (χ1n) is 7.07. The summed E-state index contributed by atoms with van der Waals surface area (Å²) in [5.74, 6) is -1.29. The van der Waals surface area contributed by atoms with Gasteiger partial charge in [-0.1, -0.05) is 35.9 Å². The van der Waals surface area contributed by atoms with Crippen LogP contribution in [0.25, 0.3) is 0 Å². The van der Waals surface area contributed by atoms with Gasteiger partial charge in [0, 0.05) is 17.5 Å². The molecule has 0 amide bonds. The zero-order valence-corrected chi connectivity index (χ0v) is 12.2. The van der Waals surface area contributed by atoms with E-state index in [1.807, 2.05) is 24.3 Å². The highest BCUT2D eigenvalue weighted by Crippen LogP contribution is 2.40. The molecule has 1 nitrogen and oxygen atoms in total. The van der Waals surface area contributed by atoms with E-state index in [9.17, 15) is 8.78 Å². The molecule has 0 aromatic heterocycles. The molecule has 2 aromatic rings. The first-order valence-corrected chi connectivity index (χ1v) is 7.44. The van der Waals surface area contributed by atoms with E-state index in [0.717, 1.165) is 35.7 Å². The molecule has 1 heterocycles. The zero-order valence-electron chi connectivity index (χ0n) is 11.5. The first-order chi connectivity index (χ1) is 10.2. The van der Waals surface area contributed by atoms with Crippen LogP contribution in [0.2, 0.25) is 5.02 Å². The molecule has 110 valence electrons. The molecule has 1 N–H and O–H groups in total. The average molecular weight is 308 g/mol. The normalized spacial score (nSPS) is 22.2. The van der Waals surface area contributed by atoms with E-state index in [0.29, 0.717) is 0 Å². The highest BCUT2D eigenvalue weighted by molar-refractivity contribution is 6.31. The van der Waals surface area contributed by atoms with Crippen LogP contribution in [0.5, 0.6) is 0 Å². The summed E-state index contributed by atoms with van der Waals surface area (Å²) >= 11 is 6.30. The number of benzene rings is 2. The van der Waals surface area contributed by atoms with E-state index < -0.39 is 11.6 Å². The largest absolute Gasteiger partial charge is 0.316 e. The molecule has 0 saturated carbocycles. The third kappa shape index (κ3) is 2.94. The number of piperidine rings is 1. The fourth-order valence-electron chi connectivity index (χ4n) is 3.10. The third-order valence-corrected chi connectivity index (χ3v) is 4.50. The quantitative estimate of drug-likeness (QED) is 0.862. The third-order valence-electron chi connectivity index (χ3n) is 4.16. The molecule has 0 spiro atoms. The predicted octanol–water partition coefficient (Wildman–Crippen LogP) is 4.48. The van der Waals surface area contributed by atoms with Crippen LogP contribution in [0.15, 0.2) is 42.5 Å². The Hall–Kier alpha value is -1.45. The summed E-state index contributed by atoms with van der Waals surface area (Å²) in [6, 6.07) is 11.9. The van der Waals surface area contributed by atoms with Crippen molar-refractivity contribution in [1.82, 2.24) is 5.32 Å². The van der Waals surface area contributed by atoms with Crippen molar-refractivity contribution in [3.05, 3.63) is 70.2 Å². The number of halogens is 3. The van der Waals surface area contributed by atoms with Gasteiger partial charge in [0.1, 0.15) is 0 Å². The van der Waals surface area contributed by atoms with Gasteiger partial charge in [0.2, 0.25) is 0 Å². The van der Waals surface area contributed by atoms with Gasteiger partial charge in [0.05, 0.1) is 0 Å². The first kappa shape index (κ1) is 14.5. The zero-order chi connectivity index (χ0) is 14.8. The van der Waals surface area contributed by atoms with E-state index in [4.69, 9.17) is 11.6 Å². The molecule has 0 aliphatic carbocycles. The molecule has 2 aromatic carbocycles. The summed E-state index contributed by atoms with van der Waals surface area (Å²) in [6.07, 6.45) is 0.876. The van der Waals surface area contributed by atoms with Crippen molar-refractivity contribution in [2.75, 3.05) is 13.1 Å². The van der Waals surface area contributed by atoms with E-state index in [1.54, 1.807) is 6.07 Å². The molecule has 0 bridgehead atoms. The maximum Gasteiger partial charge on any atom is 0.159 e. The Morgan fingerprint density at radius 2 is 1.81 bits per heavy atom. The Morgan fingerprint density at radius 3 is 2.57 bits per heavy atom. The van der Waals surface area contributed by atoms with Crippen molar-refractivity contribution in [3.63, 3.8) is 0 Å². The number of hydrogen-bond acceptors (Lipinski definition) is 1. The molecular formula is C17H16ClF2N. The van der Waals surface area contributed by atoms with Gasteiger partial charge in [-0.2, -0.15) is 0 Å². The summed E-state index contributed by atoms with van der Waals surface area (Å²) in [6.45, 7) is 1.65. The van der Waals surface area contributed by atoms with Gasteiger partial charge in [0.25, 0.3) is 0 Å². The second kappa shape index (κ2) is 6.12. The lowest BCUT2D eigenvalue weighted by atomic mass is 9.77. The summed E-state index contributed by atoms with van der Waals surface area (Å²) in [5, 5.41) is 4.08. The topological polar surface area (TPSA) is 12.0 Å². The summed E-state index contributed by atoms with van der Waals surface area (Å²) in [4.78, 5) is 0. The summed E-state index contributed by atoms with van der Waals surface area (Å²) < 4.78 is 26.7. The van der Waals surface area contributed by atoms with Crippen molar-refractivity contribution >= 4 is 11.6 Å². The Morgan fingerprint density at radius 1 is 1.00 bits per heavy atom. The Bertz CT molecular complexity index is 644. The van der Waals surface area contributed by atoms with E-state index in [-0.39, 0.29) is 11.8 Å². The lowest BCUT2D eigenvalue weighted by molar-refractivity contribution is 0.401. The van der Waals surface area contributed by atoms with E-state index in [2.05, 4.69) is 5.32 Å². The van der Waals surface area contributed by atoms with Crippen molar-refractivity contribution in [2.45, 2.75) is 18.3 Å². The summed E-state index contributed by atoms with van der Waals surface area (Å²) in [5.41, 5.74) is 1.89. The van der Waals surface area contributed by atoms with Crippen LogP contribution in [-0.4, -0.2) is 13.1 Å². The fourth-order valence-corrected chi connectivity index (χ4v) is 3.38. The molecule has 21 heavy (non-hydrogen) atoms. The lowest BCUT2D eigenvalue weighted by Gasteiger charge is -2.33. The Kier molecular flexibility index (Phi) is 4.22.